The van der Waals surface area contributed by atoms with Crippen molar-refractivity contribution in [3.8, 4) is 11.5 Å². The van der Waals surface area contributed by atoms with Crippen LogP contribution in [0.5, 0.6) is 11.5 Å². The summed E-state index contributed by atoms with van der Waals surface area (Å²) in [4.78, 5) is 13.9. The quantitative estimate of drug-likeness (QED) is 0.838. The number of fused-ring (bicyclic) bond motifs is 1. The molecule has 2 aliphatic heterocycles. The van der Waals surface area contributed by atoms with Crippen molar-refractivity contribution in [1.82, 2.24) is 4.90 Å². The van der Waals surface area contributed by atoms with Crippen LogP contribution in [0.4, 0.5) is 5.69 Å². The molecular formula is C15H20N2O3. The van der Waals surface area contributed by atoms with Crippen molar-refractivity contribution >= 4 is 11.6 Å². The van der Waals surface area contributed by atoms with Crippen LogP contribution in [0.15, 0.2) is 12.1 Å². The van der Waals surface area contributed by atoms with Gasteiger partial charge in [-0.1, -0.05) is 6.42 Å². The Labute approximate surface area is 118 Å². The molecular weight excluding hydrogens is 256 g/mol. The SMILES string of the molecule is Nc1cc2c(cc1CN1CCCCCC1=O)OCCO2. The van der Waals surface area contributed by atoms with Crippen LogP contribution in [0.1, 0.15) is 31.2 Å². The Balaban J connectivity index is 1.81. The average Bonchev–Trinajstić information content (AvgIpc) is 2.65. The van der Waals surface area contributed by atoms with E-state index in [1.807, 2.05) is 11.0 Å². The molecule has 2 heterocycles. The predicted octanol–water partition coefficient (Wildman–Crippen LogP) is 1.94. The van der Waals surface area contributed by atoms with Crippen LogP contribution in [-0.4, -0.2) is 30.6 Å². The second kappa shape index (κ2) is 5.61. The molecule has 1 amide bonds. The van der Waals surface area contributed by atoms with Gasteiger partial charge in [0.1, 0.15) is 13.2 Å². The first-order chi connectivity index (χ1) is 9.74. The van der Waals surface area contributed by atoms with Gasteiger partial charge in [-0.3, -0.25) is 4.79 Å². The highest BCUT2D eigenvalue weighted by atomic mass is 16.6. The highest BCUT2D eigenvalue weighted by Crippen LogP contribution is 2.35. The number of anilines is 1. The van der Waals surface area contributed by atoms with Crippen molar-refractivity contribution in [2.24, 2.45) is 0 Å². The first kappa shape index (κ1) is 13.1. The zero-order valence-corrected chi connectivity index (χ0v) is 11.6. The summed E-state index contributed by atoms with van der Waals surface area (Å²) in [5, 5.41) is 0. The maximum atomic E-state index is 12.0. The van der Waals surface area contributed by atoms with E-state index in [2.05, 4.69) is 0 Å². The van der Waals surface area contributed by atoms with Crippen molar-refractivity contribution in [2.45, 2.75) is 32.2 Å². The van der Waals surface area contributed by atoms with Gasteiger partial charge in [0.15, 0.2) is 11.5 Å². The molecule has 0 radical (unpaired) electrons. The number of rotatable bonds is 2. The van der Waals surface area contributed by atoms with Gasteiger partial charge < -0.3 is 20.1 Å². The van der Waals surface area contributed by atoms with Crippen LogP contribution >= 0.6 is 0 Å². The number of hydrogen-bond donors (Lipinski definition) is 1. The summed E-state index contributed by atoms with van der Waals surface area (Å²) < 4.78 is 11.1. The Morgan fingerprint density at radius 1 is 1.10 bits per heavy atom. The van der Waals surface area contributed by atoms with Crippen molar-refractivity contribution in [3.05, 3.63) is 17.7 Å². The Hall–Kier alpha value is -1.91. The minimum atomic E-state index is 0.219. The van der Waals surface area contributed by atoms with Crippen LogP contribution in [0.2, 0.25) is 0 Å². The van der Waals surface area contributed by atoms with Gasteiger partial charge in [-0.2, -0.15) is 0 Å². The van der Waals surface area contributed by atoms with E-state index in [0.29, 0.717) is 37.6 Å². The molecule has 5 heteroatoms. The molecule has 2 aliphatic rings. The number of nitrogens with zero attached hydrogens (tertiary/aromatic N) is 1. The van der Waals surface area contributed by atoms with E-state index < -0.39 is 0 Å². The Morgan fingerprint density at radius 3 is 2.65 bits per heavy atom. The second-order valence-electron chi connectivity index (χ2n) is 5.32. The summed E-state index contributed by atoms with van der Waals surface area (Å²) in [6.07, 6.45) is 3.82. The predicted molar refractivity (Wildman–Crippen MR) is 75.7 cm³/mol. The van der Waals surface area contributed by atoms with Crippen molar-refractivity contribution in [3.63, 3.8) is 0 Å². The molecule has 0 saturated carbocycles. The Morgan fingerprint density at radius 2 is 1.85 bits per heavy atom. The number of benzene rings is 1. The van der Waals surface area contributed by atoms with Gasteiger partial charge in [0.25, 0.3) is 0 Å². The van der Waals surface area contributed by atoms with Gasteiger partial charge in [-0.05, 0) is 24.5 Å². The molecule has 1 fully saturated rings. The van der Waals surface area contributed by atoms with E-state index >= 15 is 0 Å². The normalized spacial score (nSPS) is 18.8. The minimum absolute atomic E-state index is 0.219. The topological polar surface area (TPSA) is 64.8 Å². The summed E-state index contributed by atoms with van der Waals surface area (Å²) >= 11 is 0. The monoisotopic (exact) mass is 276 g/mol. The van der Waals surface area contributed by atoms with E-state index in [9.17, 15) is 4.79 Å². The number of carbonyl (C=O) groups is 1. The third-order valence-corrected chi connectivity index (χ3v) is 3.84. The number of amides is 1. The van der Waals surface area contributed by atoms with Crippen LogP contribution < -0.4 is 15.2 Å². The van der Waals surface area contributed by atoms with Crippen molar-refractivity contribution in [1.29, 1.82) is 0 Å². The van der Waals surface area contributed by atoms with E-state index in [-0.39, 0.29) is 5.91 Å². The molecule has 0 aromatic heterocycles. The molecule has 108 valence electrons. The lowest BCUT2D eigenvalue weighted by molar-refractivity contribution is -0.131. The van der Waals surface area contributed by atoms with Crippen LogP contribution in [0, 0.1) is 0 Å². The van der Waals surface area contributed by atoms with E-state index in [1.165, 1.54) is 0 Å². The average molecular weight is 276 g/mol. The number of likely N-dealkylation sites (tertiary alicyclic amines) is 1. The van der Waals surface area contributed by atoms with Gasteiger partial charge in [0, 0.05) is 31.3 Å². The lowest BCUT2D eigenvalue weighted by Gasteiger charge is -2.24. The fourth-order valence-electron chi connectivity index (χ4n) is 2.69. The number of hydrogen-bond acceptors (Lipinski definition) is 4. The third kappa shape index (κ3) is 2.66. The summed E-state index contributed by atoms with van der Waals surface area (Å²) in [5.74, 6) is 1.64. The highest BCUT2D eigenvalue weighted by Gasteiger charge is 2.20. The zero-order valence-electron chi connectivity index (χ0n) is 11.6. The van der Waals surface area contributed by atoms with Gasteiger partial charge in [0.05, 0.1) is 0 Å². The molecule has 1 aromatic carbocycles. The van der Waals surface area contributed by atoms with E-state index in [1.54, 1.807) is 6.07 Å². The molecule has 1 saturated heterocycles. The molecule has 0 atom stereocenters. The molecule has 3 rings (SSSR count). The summed E-state index contributed by atoms with van der Waals surface area (Å²) in [7, 11) is 0. The summed E-state index contributed by atoms with van der Waals surface area (Å²) in [5.41, 5.74) is 7.67. The van der Waals surface area contributed by atoms with Crippen LogP contribution in [-0.2, 0) is 11.3 Å². The first-order valence-electron chi connectivity index (χ1n) is 7.20. The minimum Gasteiger partial charge on any atom is -0.486 e. The summed E-state index contributed by atoms with van der Waals surface area (Å²) in [6.45, 7) is 2.48. The fourth-order valence-corrected chi connectivity index (χ4v) is 2.69. The Kier molecular flexibility index (Phi) is 3.67. The fraction of sp³-hybridized carbons (Fsp3) is 0.533. The van der Waals surface area contributed by atoms with Crippen LogP contribution in [0.3, 0.4) is 0 Å². The maximum absolute atomic E-state index is 12.0. The van der Waals surface area contributed by atoms with Crippen molar-refractivity contribution in [2.75, 3.05) is 25.5 Å². The standard InChI is InChI=1S/C15H20N2O3/c16-12-9-14-13(19-6-7-20-14)8-11(12)10-17-5-3-1-2-4-15(17)18/h8-9H,1-7,10,16H2. The molecule has 1 aromatic rings. The number of carbonyl (C=O) groups excluding carboxylic acids is 1. The van der Waals surface area contributed by atoms with Gasteiger partial charge in [-0.25, -0.2) is 0 Å². The molecule has 0 bridgehead atoms. The van der Waals surface area contributed by atoms with Gasteiger partial charge in [-0.15, -0.1) is 0 Å². The number of nitrogen functional groups attached to an aromatic ring is 1. The molecule has 0 aliphatic carbocycles. The zero-order chi connectivity index (χ0) is 13.9. The summed E-state index contributed by atoms with van der Waals surface area (Å²) in [6, 6.07) is 3.70. The number of nitrogens with two attached hydrogens (primary N) is 1. The lowest BCUT2D eigenvalue weighted by Crippen LogP contribution is -2.30. The van der Waals surface area contributed by atoms with Crippen molar-refractivity contribution < 1.29 is 14.3 Å². The number of ether oxygens (including phenoxy) is 2. The smallest absolute Gasteiger partial charge is 0.222 e. The highest BCUT2D eigenvalue weighted by molar-refractivity contribution is 5.76. The molecule has 5 nitrogen and oxygen atoms in total. The molecule has 0 unspecified atom stereocenters. The largest absolute Gasteiger partial charge is 0.486 e. The Bertz CT molecular complexity index is 516. The second-order valence-corrected chi connectivity index (χ2v) is 5.32. The molecule has 2 N–H and O–H groups in total. The maximum Gasteiger partial charge on any atom is 0.222 e. The molecule has 20 heavy (non-hydrogen) atoms. The van der Waals surface area contributed by atoms with Crippen LogP contribution in [0.25, 0.3) is 0 Å². The molecule has 0 spiro atoms. The first-order valence-corrected chi connectivity index (χ1v) is 7.20. The van der Waals surface area contributed by atoms with Gasteiger partial charge >= 0.3 is 0 Å². The third-order valence-electron chi connectivity index (χ3n) is 3.84. The van der Waals surface area contributed by atoms with E-state index in [0.717, 1.165) is 37.1 Å². The lowest BCUT2D eigenvalue weighted by atomic mass is 10.1. The van der Waals surface area contributed by atoms with Gasteiger partial charge in [0.2, 0.25) is 5.91 Å². The van der Waals surface area contributed by atoms with E-state index in [4.69, 9.17) is 15.2 Å².